The van der Waals surface area contributed by atoms with E-state index in [4.69, 9.17) is 0 Å². The Morgan fingerprint density at radius 1 is 1.28 bits per heavy atom. The highest BCUT2D eigenvalue weighted by Gasteiger charge is 2.26. The number of pyridine rings is 1. The van der Waals surface area contributed by atoms with Crippen LogP contribution < -0.4 is 5.32 Å². The predicted molar refractivity (Wildman–Crippen MR) is 68.7 cm³/mol. The van der Waals surface area contributed by atoms with Crippen molar-refractivity contribution in [1.82, 2.24) is 4.98 Å². The molecule has 0 saturated carbocycles. The van der Waals surface area contributed by atoms with Gasteiger partial charge in [-0.2, -0.15) is 0 Å². The van der Waals surface area contributed by atoms with Gasteiger partial charge in [0.1, 0.15) is 5.82 Å². The smallest absolute Gasteiger partial charge is 0.141 e. The van der Waals surface area contributed by atoms with Gasteiger partial charge < -0.3 is 10.4 Å². The van der Waals surface area contributed by atoms with E-state index in [0.717, 1.165) is 11.9 Å². The Kier molecular flexibility index (Phi) is 3.58. The van der Waals surface area contributed by atoms with Crippen LogP contribution in [0.15, 0.2) is 48.8 Å². The van der Waals surface area contributed by atoms with Crippen molar-refractivity contribution >= 4 is 5.69 Å². The van der Waals surface area contributed by atoms with Crippen LogP contribution in [0, 0.1) is 5.82 Å². The monoisotopic (exact) mass is 246 g/mol. The lowest BCUT2D eigenvalue weighted by atomic mass is 9.94. The largest absolute Gasteiger partial charge is 0.394 e. The zero-order valence-electron chi connectivity index (χ0n) is 10.1. The summed E-state index contributed by atoms with van der Waals surface area (Å²) in [7, 11) is 0. The summed E-state index contributed by atoms with van der Waals surface area (Å²) in [5.41, 5.74) is 0.698. The third kappa shape index (κ3) is 2.65. The summed E-state index contributed by atoms with van der Waals surface area (Å²) in [5.74, 6) is -0.415. The van der Waals surface area contributed by atoms with E-state index in [-0.39, 0.29) is 6.61 Å². The van der Waals surface area contributed by atoms with E-state index < -0.39 is 11.4 Å². The highest BCUT2D eigenvalue weighted by Crippen LogP contribution is 2.25. The molecule has 4 heteroatoms. The Bertz CT molecular complexity index is 518. The van der Waals surface area contributed by atoms with E-state index in [9.17, 15) is 9.50 Å². The molecule has 0 saturated heterocycles. The van der Waals surface area contributed by atoms with Gasteiger partial charge in [0, 0.05) is 17.4 Å². The molecule has 1 aromatic heterocycles. The molecule has 0 aliphatic carbocycles. The van der Waals surface area contributed by atoms with E-state index in [1.807, 2.05) is 30.3 Å². The number of aromatic nitrogens is 1. The molecule has 1 atom stereocenters. The SMILES string of the molecule is CC(CO)(Nc1ccccc1)c1cncc(F)c1. The van der Waals surface area contributed by atoms with Gasteiger partial charge in [-0.1, -0.05) is 18.2 Å². The van der Waals surface area contributed by atoms with Crippen molar-refractivity contribution in [2.24, 2.45) is 0 Å². The van der Waals surface area contributed by atoms with Crippen LogP contribution in [0.3, 0.4) is 0 Å². The van der Waals surface area contributed by atoms with Crippen molar-refractivity contribution in [3.8, 4) is 0 Å². The maximum Gasteiger partial charge on any atom is 0.141 e. The van der Waals surface area contributed by atoms with Gasteiger partial charge in [0.15, 0.2) is 0 Å². The van der Waals surface area contributed by atoms with E-state index in [2.05, 4.69) is 10.3 Å². The second-order valence-electron chi connectivity index (χ2n) is 4.37. The predicted octanol–water partition coefficient (Wildman–Crippen LogP) is 2.54. The highest BCUT2D eigenvalue weighted by atomic mass is 19.1. The maximum absolute atomic E-state index is 13.2. The van der Waals surface area contributed by atoms with Gasteiger partial charge in [0.25, 0.3) is 0 Å². The summed E-state index contributed by atoms with van der Waals surface area (Å²) in [6, 6.07) is 10.8. The Morgan fingerprint density at radius 2 is 2.00 bits per heavy atom. The standard InChI is InChI=1S/C14H15FN2O/c1-14(10-18,11-7-12(15)9-16-8-11)17-13-5-3-2-4-6-13/h2-9,17-18H,10H2,1H3. The summed E-state index contributed by atoms with van der Waals surface area (Å²) >= 11 is 0. The van der Waals surface area contributed by atoms with Gasteiger partial charge in [0.2, 0.25) is 0 Å². The van der Waals surface area contributed by atoms with E-state index >= 15 is 0 Å². The van der Waals surface area contributed by atoms with E-state index in [0.29, 0.717) is 5.56 Å². The average Bonchev–Trinajstić information content (AvgIpc) is 2.40. The van der Waals surface area contributed by atoms with Crippen LogP contribution >= 0.6 is 0 Å². The zero-order valence-corrected chi connectivity index (χ0v) is 10.1. The van der Waals surface area contributed by atoms with Crippen molar-refractivity contribution in [1.29, 1.82) is 0 Å². The summed E-state index contributed by atoms with van der Waals surface area (Å²) in [6.45, 7) is 1.64. The van der Waals surface area contributed by atoms with Crippen LogP contribution in [-0.4, -0.2) is 16.7 Å². The molecule has 2 rings (SSSR count). The molecule has 2 N–H and O–H groups in total. The van der Waals surface area contributed by atoms with Crippen molar-refractivity contribution < 1.29 is 9.50 Å². The molecule has 94 valence electrons. The van der Waals surface area contributed by atoms with Crippen LogP contribution in [0.2, 0.25) is 0 Å². The van der Waals surface area contributed by atoms with Crippen LogP contribution in [0.1, 0.15) is 12.5 Å². The van der Waals surface area contributed by atoms with Crippen LogP contribution in [0.25, 0.3) is 0 Å². The molecule has 0 aliphatic heterocycles. The van der Waals surface area contributed by atoms with Crippen LogP contribution in [0.5, 0.6) is 0 Å². The lowest BCUT2D eigenvalue weighted by Gasteiger charge is -2.30. The number of halogens is 1. The average molecular weight is 246 g/mol. The Hall–Kier alpha value is -1.94. The lowest BCUT2D eigenvalue weighted by Crippen LogP contribution is -2.36. The molecular weight excluding hydrogens is 231 g/mol. The molecule has 0 radical (unpaired) electrons. The summed E-state index contributed by atoms with van der Waals surface area (Å²) in [6.07, 6.45) is 2.69. The number of nitrogens with one attached hydrogen (secondary N) is 1. The van der Waals surface area contributed by atoms with Crippen molar-refractivity contribution in [3.05, 3.63) is 60.2 Å². The minimum atomic E-state index is -0.767. The van der Waals surface area contributed by atoms with Crippen LogP contribution in [0.4, 0.5) is 10.1 Å². The first-order chi connectivity index (χ1) is 8.64. The minimum Gasteiger partial charge on any atom is -0.394 e. The second-order valence-corrected chi connectivity index (χ2v) is 4.37. The topological polar surface area (TPSA) is 45.1 Å². The molecule has 1 heterocycles. The summed E-state index contributed by atoms with van der Waals surface area (Å²) < 4.78 is 13.2. The molecule has 0 spiro atoms. The van der Waals surface area contributed by atoms with Gasteiger partial charge in [-0.25, -0.2) is 4.39 Å². The molecule has 0 fully saturated rings. The second kappa shape index (κ2) is 5.14. The molecule has 1 aromatic carbocycles. The number of para-hydroxylation sites is 1. The van der Waals surface area contributed by atoms with Crippen LogP contribution in [-0.2, 0) is 5.54 Å². The number of hydrogen-bond acceptors (Lipinski definition) is 3. The molecule has 0 aliphatic rings. The van der Waals surface area contributed by atoms with Gasteiger partial charge in [0.05, 0.1) is 18.3 Å². The fraction of sp³-hybridized carbons (Fsp3) is 0.214. The Balaban J connectivity index is 2.31. The number of aliphatic hydroxyl groups is 1. The third-order valence-corrected chi connectivity index (χ3v) is 2.85. The zero-order chi connectivity index (χ0) is 13.0. The molecule has 2 aromatic rings. The first kappa shape index (κ1) is 12.5. The Morgan fingerprint density at radius 3 is 2.61 bits per heavy atom. The molecule has 0 amide bonds. The summed E-state index contributed by atoms with van der Waals surface area (Å²) in [4.78, 5) is 3.81. The van der Waals surface area contributed by atoms with Crippen molar-refractivity contribution in [2.45, 2.75) is 12.5 Å². The lowest BCUT2D eigenvalue weighted by molar-refractivity contribution is 0.223. The maximum atomic E-state index is 13.2. The van der Waals surface area contributed by atoms with Crippen molar-refractivity contribution in [3.63, 3.8) is 0 Å². The van der Waals surface area contributed by atoms with Crippen molar-refractivity contribution in [2.75, 3.05) is 11.9 Å². The van der Waals surface area contributed by atoms with Gasteiger partial charge in [-0.05, 0) is 25.1 Å². The number of benzene rings is 1. The third-order valence-electron chi connectivity index (χ3n) is 2.85. The normalized spacial score (nSPS) is 13.9. The fourth-order valence-electron chi connectivity index (χ4n) is 1.76. The first-order valence-electron chi connectivity index (χ1n) is 5.69. The summed E-state index contributed by atoms with van der Waals surface area (Å²) in [5, 5.41) is 12.8. The number of nitrogens with zero attached hydrogens (tertiary/aromatic N) is 1. The van der Waals surface area contributed by atoms with E-state index in [1.165, 1.54) is 6.07 Å². The number of hydrogen-bond donors (Lipinski definition) is 2. The quantitative estimate of drug-likeness (QED) is 0.871. The van der Waals surface area contributed by atoms with Gasteiger partial charge in [-0.15, -0.1) is 0 Å². The number of anilines is 1. The fourth-order valence-corrected chi connectivity index (χ4v) is 1.76. The Labute approximate surface area is 105 Å². The molecule has 1 unspecified atom stereocenters. The minimum absolute atomic E-state index is 0.160. The number of rotatable bonds is 4. The molecule has 3 nitrogen and oxygen atoms in total. The highest BCUT2D eigenvalue weighted by molar-refractivity contribution is 5.47. The van der Waals surface area contributed by atoms with Gasteiger partial charge >= 0.3 is 0 Å². The molecular formula is C14H15FN2O. The first-order valence-corrected chi connectivity index (χ1v) is 5.69. The van der Waals surface area contributed by atoms with E-state index in [1.54, 1.807) is 13.1 Å². The molecule has 18 heavy (non-hydrogen) atoms. The molecule has 0 bridgehead atoms. The van der Waals surface area contributed by atoms with Gasteiger partial charge in [-0.3, -0.25) is 4.98 Å². The number of aliphatic hydroxyl groups excluding tert-OH is 1.